The van der Waals surface area contributed by atoms with Gasteiger partial charge in [-0.15, -0.1) is 0 Å². The minimum atomic E-state index is -0.0700. The molecule has 1 aliphatic rings. The number of nitrogens with two attached hydrogens (primary N) is 1. The van der Waals surface area contributed by atoms with E-state index in [1.54, 1.807) is 0 Å². The standard InChI is InChI=1S/C20H28N4O/c1-15-13-19(23-22-15)17-9-11-24(12-10-17)20(25)14-18(21)8-7-16-5-3-2-4-6-16/h2-6,13,17-18H,7-12,14,21H2,1H3,(H,22,23)/t18-/m1/s1. The van der Waals surface area contributed by atoms with Gasteiger partial charge in [-0.05, 0) is 44.2 Å². The molecule has 2 heterocycles. The van der Waals surface area contributed by atoms with Crippen molar-refractivity contribution in [2.24, 2.45) is 5.73 Å². The smallest absolute Gasteiger partial charge is 0.224 e. The van der Waals surface area contributed by atoms with E-state index >= 15 is 0 Å². The van der Waals surface area contributed by atoms with Gasteiger partial charge in [0.25, 0.3) is 0 Å². The summed E-state index contributed by atoms with van der Waals surface area (Å²) in [6.45, 7) is 3.63. The summed E-state index contributed by atoms with van der Waals surface area (Å²) in [6, 6.07) is 12.3. The van der Waals surface area contributed by atoms with Crippen LogP contribution in [0.2, 0.25) is 0 Å². The van der Waals surface area contributed by atoms with Crippen LogP contribution >= 0.6 is 0 Å². The molecule has 1 saturated heterocycles. The van der Waals surface area contributed by atoms with Gasteiger partial charge >= 0.3 is 0 Å². The van der Waals surface area contributed by atoms with Crippen LogP contribution in [0, 0.1) is 6.92 Å². The minimum absolute atomic E-state index is 0.0700. The van der Waals surface area contributed by atoms with Gasteiger partial charge in [0, 0.05) is 37.2 Å². The van der Waals surface area contributed by atoms with Gasteiger partial charge in [-0.1, -0.05) is 30.3 Å². The molecule has 2 aromatic rings. The predicted octanol–water partition coefficient (Wildman–Crippen LogP) is 2.77. The number of likely N-dealkylation sites (tertiary alicyclic amines) is 1. The van der Waals surface area contributed by atoms with Crippen molar-refractivity contribution in [3.63, 3.8) is 0 Å². The number of aromatic amines is 1. The van der Waals surface area contributed by atoms with E-state index in [9.17, 15) is 4.79 Å². The number of hydrogen-bond donors (Lipinski definition) is 2. The van der Waals surface area contributed by atoms with Gasteiger partial charge in [-0.25, -0.2) is 0 Å². The van der Waals surface area contributed by atoms with Gasteiger partial charge in [-0.2, -0.15) is 5.10 Å². The average Bonchev–Trinajstić information content (AvgIpc) is 3.07. The number of carbonyl (C=O) groups is 1. The van der Waals surface area contributed by atoms with Crippen LogP contribution in [0.25, 0.3) is 0 Å². The zero-order valence-corrected chi connectivity index (χ0v) is 14.9. The van der Waals surface area contributed by atoms with Gasteiger partial charge in [0.05, 0.1) is 5.69 Å². The van der Waals surface area contributed by atoms with Crippen LogP contribution in [-0.4, -0.2) is 40.1 Å². The number of carbonyl (C=O) groups excluding carboxylic acids is 1. The second kappa shape index (κ2) is 8.30. The fourth-order valence-electron chi connectivity index (χ4n) is 3.53. The number of aromatic nitrogens is 2. The Kier molecular flexibility index (Phi) is 5.87. The molecule has 0 radical (unpaired) electrons. The molecule has 5 heteroatoms. The van der Waals surface area contributed by atoms with Gasteiger partial charge in [-0.3, -0.25) is 9.89 Å². The Morgan fingerprint density at radius 2 is 2.04 bits per heavy atom. The SMILES string of the molecule is Cc1cc(C2CCN(C(=O)C[C@H](N)CCc3ccccc3)CC2)n[nH]1. The fourth-order valence-corrected chi connectivity index (χ4v) is 3.53. The molecular formula is C20H28N4O. The lowest BCUT2D eigenvalue weighted by Gasteiger charge is -2.32. The molecule has 1 aliphatic heterocycles. The fraction of sp³-hybridized carbons (Fsp3) is 0.500. The van der Waals surface area contributed by atoms with Crippen molar-refractivity contribution >= 4 is 5.91 Å². The number of H-pyrrole nitrogens is 1. The third kappa shape index (κ3) is 4.92. The van der Waals surface area contributed by atoms with E-state index in [4.69, 9.17) is 5.73 Å². The summed E-state index contributed by atoms with van der Waals surface area (Å²) >= 11 is 0. The molecule has 1 aromatic heterocycles. The predicted molar refractivity (Wildman–Crippen MR) is 99.2 cm³/mol. The zero-order chi connectivity index (χ0) is 17.6. The summed E-state index contributed by atoms with van der Waals surface area (Å²) in [7, 11) is 0. The van der Waals surface area contributed by atoms with E-state index in [0.29, 0.717) is 12.3 Å². The van der Waals surface area contributed by atoms with E-state index in [1.165, 1.54) is 5.56 Å². The topological polar surface area (TPSA) is 75.0 Å². The molecule has 0 spiro atoms. The van der Waals surface area contributed by atoms with Crippen LogP contribution in [0.15, 0.2) is 36.4 Å². The lowest BCUT2D eigenvalue weighted by molar-refractivity contribution is -0.132. The van der Waals surface area contributed by atoms with Gasteiger partial charge in [0.1, 0.15) is 0 Å². The van der Waals surface area contributed by atoms with Gasteiger partial charge < -0.3 is 10.6 Å². The summed E-state index contributed by atoms with van der Waals surface area (Å²) in [4.78, 5) is 14.5. The van der Waals surface area contributed by atoms with Crippen molar-refractivity contribution in [1.29, 1.82) is 0 Å². The minimum Gasteiger partial charge on any atom is -0.343 e. The van der Waals surface area contributed by atoms with Gasteiger partial charge in [0.2, 0.25) is 5.91 Å². The molecule has 134 valence electrons. The number of aryl methyl sites for hydroxylation is 2. The van der Waals surface area contributed by atoms with Crippen LogP contribution in [0.1, 0.15) is 48.6 Å². The Morgan fingerprint density at radius 3 is 2.68 bits per heavy atom. The third-order valence-electron chi connectivity index (χ3n) is 5.08. The maximum atomic E-state index is 12.5. The molecule has 5 nitrogen and oxygen atoms in total. The molecular weight excluding hydrogens is 312 g/mol. The molecule has 3 rings (SSSR count). The Hall–Kier alpha value is -2.14. The number of amides is 1. The summed E-state index contributed by atoms with van der Waals surface area (Å²) in [5.41, 5.74) is 9.69. The zero-order valence-electron chi connectivity index (χ0n) is 14.9. The largest absolute Gasteiger partial charge is 0.343 e. The number of hydrogen-bond acceptors (Lipinski definition) is 3. The molecule has 0 bridgehead atoms. The summed E-state index contributed by atoms with van der Waals surface area (Å²) in [6.07, 6.45) is 4.18. The third-order valence-corrected chi connectivity index (χ3v) is 5.08. The highest BCUT2D eigenvalue weighted by molar-refractivity contribution is 5.76. The molecule has 0 unspecified atom stereocenters. The first-order valence-corrected chi connectivity index (χ1v) is 9.21. The molecule has 3 N–H and O–H groups in total. The van der Waals surface area contributed by atoms with Crippen molar-refractivity contribution in [1.82, 2.24) is 15.1 Å². The van der Waals surface area contributed by atoms with E-state index in [-0.39, 0.29) is 11.9 Å². The summed E-state index contributed by atoms with van der Waals surface area (Å²) in [5, 5.41) is 7.37. The molecule has 0 aliphatic carbocycles. The number of rotatable bonds is 6. The van der Waals surface area contributed by atoms with Crippen molar-refractivity contribution in [3.8, 4) is 0 Å². The number of nitrogens with zero attached hydrogens (tertiary/aromatic N) is 2. The van der Waals surface area contributed by atoms with Crippen molar-refractivity contribution in [2.75, 3.05) is 13.1 Å². The Labute approximate surface area is 149 Å². The van der Waals surface area contributed by atoms with E-state index in [1.807, 2.05) is 30.0 Å². The quantitative estimate of drug-likeness (QED) is 0.849. The molecule has 25 heavy (non-hydrogen) atoms. The molecule has 1 fully saturated rings. The van der Waals surface area contributed by atoms with Crippen LogP contribution in [0.5, 0.6) is 0 Å². The van der Waals surface area contributed by atoms with Crippen molar-refractivity contribution in [2.45, 2.75) is 51.0 Å². The Balaban J connectivity index is 1.41. The first-order chi connectivity index (χ1) is 12.1. The van der Waals surface area contributed by atoms with E-state index < -0.39 is 0 Å². The van der Waals surface area contributed by atoms with Crippen LogP contribution in [-0.2, 0) is 11.2 Å². The van der Waals surface area contributed by atoms with Gasteiger partial charge in [0.15, 0.2) is 0 Å². The lowest BCUT2D eigenvalue weighted by atomic mass is 9.93. The van der Waals surface area contributed by atoms with Crippen LogP contribution in [0.3, 0.4) is 0 Å². The highest BCUT2D eigenvalue weighted by atomic mass is 16.2. The molecule has 1 atom stereocenters. The van der Waals surface area contributed by atoms with Crippen molar-refractivity contribution < 1.29 is 4.79 Å². The molecule has 1 aromatic carbocycles. The number of nitrogens with one attached hydrogen (secondary N) is 1. The van der Waals surface area contributed by atoms with Crippen LogP contribution < -0.4 is 5.73 Å². The van der Waals surface area contributed by atoms with Crippen LogP contribution in [0.4, 0.5) is 0 Å². The first-order valence-electron chi connectivity index (χ1n) is 9.21. The second-order valence-electron chi connectivity index (χ2n) is 7.12. The Morgan fingerprint density at radius 1 is 1.32 bits per heavy atom. The summed E-state index contributed by atoms with van der Waals surface area (Å²) in [5.74, 6) is 0.651. The highest BCUT2D eigenvalue weighted by Gasteiger charge is 2.25. The maximum absolute atomic E-state index is 12.5. The Bertz CT molecular complexity index is 674. The van der Waals surface area contributed by atoms with E-state index in [0.717, 1.165) is 50.2 Å². The van der Waals surface area contributed by atoms with Crippen molar-refractivity contribution in [3.05, 3.63) is 53.3 Å². The second-order valence-corrected chi connectivity index (χ2v) is 7.12. The molecule has 1 amide bonds. The lowest BCUT2D eigenvalue weighted by Crippen LogP contribution is -2.40. The normalized spacial score (nSPS) is 16.8. The van der Waals surface area contributed by atoms with E-state index in [2.05, 4.69) is 28.4 Å². The number of benzene rings is 1. The molecule has 0 saturated carbocycles. The maximum Gasteiger partial charge on any atom is 0.224 e. The summed E-state index contributed by atoms with van der Waals surface area (Å²) < 4.78 is 0. The monoisotopic (exact) mass is 340 g/mol. The highest BCUT2D eigenvalue weighted by Crippen LogP contribution is 2.27. The average molecular weight is 340 g/mol. The number of piperidine rings is 1. The first kappa shape index (κ1) is 17.7.